The molecular weight excluding hydrogens is 443 g/mol. The summed E-state index contributed by atoms with van der Waals surface area (Å²) in [4.78, 5) is 10.3. The smallest absolute Gasteiger partial charge is 0.191 e. The second-order valence-electron chi connectivity index (χ2n) is 6.23. The Bertz CT molecular complexity index is 698. The lowest BCUT2D eigenvalue weighted by Crippen LogP contribution is -2.39. The Morgan fingerprint density at radius 2 is 2.16 bits per heavy atom. The first-order valence-electron chi connectivity index (χ1n) is 8.77. The molecule has 0 saturated carbocycles. The number of nitrogens with zero attached hydrogens (tertiary/aromatic N) is 2. The predicted molar refractivity (Wildman–Crippen MR) is 117 cm³/mol. The van der Waals surface area contributed by atoms with E-state index in [9.17, 15) is 0 Å². The van der Waals surface area contributed by atoms with E-state index < -0.39 is 0 Å². The lowest BCUT2D eigenvalue weighted by Gasteiger charge is -2.26. The van der Waals surface area contributed by atoms with Crippen LogP contribution in [-0.2, 0) is 13.0 Å². The van der Waals surface area contributed by atoms with Gasteiger partial charge in [-0.15, -0.1) is 35.3 Å². The van der Waals surface area contributed by atoms with Gasteiger partial charge < -0.3 is 10.6 Å². The van der Waals surface area contributed by atoms with Crippen LogP contribution in [0.3, 0.4) is 0 Å². The van der Waals surface area contributed by atoms with Gasteiger partial charge in [-0.1, -0.05) is 24.3 Å². The van der Waals surface area contributed by atoms with Crippen LogP contribution in [0, 0.1) is 6.92 Å². The number of fused-ring (bicyclic) bond motifs is 1. The second kappa shape index (κ2) is 10.1. The van der Waals surface area contributed by atoms with Gasteiger partial charge in [-0.2, -0.15) is 0 Å². The summed E-state index contributed by atoms with van der Waals surface area (Å²) >= 11 is 1.71. The molecule has 0 bridgehead atoms. The molecule has 1 atom stereocenters. The molecule has 1 heterocycles. The number of guanidine groups is 1. The third-order valence-corrected chi connectivity index (χ3v) is 5.29. The number of benzene rings is 1. The average molecular weight is 470 g/mol. The first-order valence-corrected chi connectivity index (χ1v) is 9.59. The normalized spacial score (nSPS) is 16.7. The lowest BCUT2D eigenvalue weighted by atomic mass is 9.83. The van der Waals surface area contributed by atoms with Crippen molar-refractivity contribution in [2.45, 2.75) is 45.6 Å². The Kier molecular flexibility index (Phi) is 8.15. The van der Waals surface area contributed by atoms with Crippen molar-refractivity contribution in [3.8, 4) is 0 Å². The number of thiazole rings is 1. The van der Waals surface area contributed by atoms with Crippen molar-refractivity contribution in [3.63, 3.8) is 0 Å². The van der Waals surface area contributed by atoms with Crippen molar-refractivity contribution in [1.29, 1.82) is 0 Å². The molecule has 136 valence electrons. The van der Waals surface area contributed by atoms with Crippen molar-refractivity contribution in [2.75, 3.05) is 13.1 Å². The van der Waals surface area contributed by atoms with E-state index >= 15 is 0 Å². The second-order valence-corrected chi connectivity index (χ2v) is 7.55. The molecular formula is C19H27IN4S. The summed E-state index contributed by atoms with van der Waals surface area (Å²) in [7, 11) is 0. The Morgan fingerprint density at radius 3 is 2.92 bits per heavy atom. The molecule has 2 N–H and O–H groups in total. The summed E-state index contributed by atoms with van der Waals surface area (Å²) in [6.45, 7) is 6.61. The van der Waals surface area contributed by atoms with Crippen molar-refractivity contribution in [3.05, 3.63) is 51.5 Å². The minimum Gasteiger partial charge on any atom is -0.357 e. The standard InChI is InChI=1S/C19H26N4S.HI/c1-3-20-19(23-13-18-21-11-14(2)24-18)22-12-16-9-6-8-15-7-4-5-10-17(15)16;/h4-5,7,10-11,16H,3,6,8-9,12-13H2,1-2H3,(H2,20,22,23);1H. The summed E-state index contributed by atoms with van der Waals surface area (Å²) in [6, 6.07) is 8.85. The number of aryl methyl sites for hydroxylation is 2. The summed E-state index contributed by atoms with van der Waals surface area (Å²) < 4.78 is 0. The molecule has 1 aliphatic carbocycles. The van der Waals surface area contributed by atoms with Crippen LogP contribution in [-0.4, -0.2) is 24.0 Å². The van der Waals surface area contributed by atoms with Crippen molar-refractivity contribution in [2.24, 2.45) is 4.99 Å². The van der Waals surface area contributed by atoms with Gasteiger partial charge in [-0.05, 0) is 44.2 Å². The molecule has 0 saturated heterocycles. The molecule has 3 rings (SSSR count). The Morgan fingerprint density at radius 1 is 1.32 bits per heavy atom. The average Bonchev–Trinajstić information content (AvgIpc) is 3.03. The van der Waals surface area contributed by atoms with E-state index in [-0.39, 0.29) is 24.0 Å². The molecule has 0 radical (unpaired) electrons. The summed E-state index contributed by atoms with van der Waals surface area (Å²) in [5.41, 5.74) is 3.01. The number of hydrogen-bond donors (Lipinski definition) is 2. The van der Waals surface area contributed by atoms with Gasteiger partial charge in [-0.3, -0.25) is 0 Å². The molecule has 1 unspecified atom stereocenters. The van der Waals surface area contributed by atoms with Gasteiger partial charge in [0.2, 0.25) is 0 Å². The molecule has 2 aromatic rings. The monoisotopic (exact) mass is 470 g/mol. The molecule has 4 nitrogen and oxygen atoms in total. The van der Waals surface area contributed by atoms with Gasteiger partial charge in [0.15, 0.2) is 5.96 Å². The maximum atomic E-state index is 4.68. The molecule has 25 heavy (non-hydrogen) atoms. The fraction of sp³-hybridized carbons (Fsp3) is 0.474. The van der Waals surface area contributed by atoms with Crippen LogP contribution in [0.2, 0.25) is 0 Å². The Balaban J connectivity index is 0.00000225. The molecule has 0 amide bonds. The Labute approximate surface area is 171 Å². The van der Waals surface area contributed by atoms with Gasteiger partial charge >= 0.3 is 0 Å². The SMILES string of the molecule is CCNC(=NCc1ncc(C)s1)NCC1CCCc2ccccc21.I. The van der Waals surface area contributed by atoms with Gasteiger partial charge in [0.05, 0.1) is 6.54 Å². The lowest BCUT2D eigenvalue weighted by molar-refractivity contribution is 0.539. The first kappa shape index (κ1) is 20.2. The van der Waals surface area contributed by atoms with Gasteiger partial charge in [0, 0.05) is 30.1 Å². The predicted octanol–water partition coefficient (Wildman–Crippen LogP) is 4.24. The third-order valence-electron chi connectivity index (χ3n) is 4.40. The molecule has 6 heteroatoms. The van der Waals surface area contributed by atoms with Crippen LogP contribution in [0.1, 0.15) is 46.7 Å². The summed E-state index contributed by atoms with van der Waals surface area (Å²) in [5, 5.41) is 7.93. The highest BCUT2D eigenvalue weighted by atomic mass is 127. The van der Waals surface area contributed by atoms with Crippen LogP contribution in [0.5, 0.6) is 0 Å². The summed E-state index contributed by atoms with van der Waals surface area (Å²) in [5.74, 6) is 1.45. The minimum atomic E-state index is 0. The van der Waals surface area contributed by atoms with Gasteiger partial charge in [0.1, 0.15) is 5.01 Å². The number of halogens is 1. The topological polar surface area (TPSA) is 49.3 Å². The number of nitrogens with one attached hydrogen (secondary N) is 2. The highest BCUT2D eigenvalue weighted by Gasteiger charge is 2.19. The summed E-state index contributed by atoms with van der Waals surface area (Å²) in [6.07, 6.45) is 5.64. The number of rotatable bonds is 5. The maximum Gasteiger partial charge on any atom is 0.191 e. The zero-order valence-electron chi connectivity index (χ0n) is 14.9. The maximum absolute atomic E-state index is 4.68. The van der Waals surface area contributed by atoms with E-state index in [0.717, 1.165) is 24.1 Å². The van der Waals surface area contributed by atoms with Crippen LogP contribution >= 0.6 is 35.3 Å². The Hall–Kier alpha value is -1.15. The van der Waals surface area contributed by atoms with Gasteiger partial charge in [-0.25, -0.2) is 9.98 Å². The largest absolute Gasteiger partial charge is 0.357 e. The van der Waals surface area contributed by atoms with E-state index in [0.29, 0.717) is 12.5 Å². The third kappa shape index (κ3) is 5.67. The van der Waals surface area contributed by atoms with E-state index in [1.165, 1.54) is 35.3 Å². The number of aromatic nitrogens is 1. The van der Waals surface area contributed by atoms with Crippen LogP contribution in [0.25, 0.3) is 0 Å². The number of hydrogen-bond acceptors (Lipinski definition) is 3. The number of aliphatic imine (C=N–C) groups is 1. The van der Waals surface area contributed by atoms with Crippen molar-refractivity contribution < 1.29 is 0 Å². The van der Waals surface area contributed by atoms with E-state index in [4.69, 9.17) is 0 Å². The van der Waals surface area contributed by atoms with Crippen LogP contribution in [0.15, 0.2) is 35.5 Å². The molecule has 1 aromatic carbocycles. The van der Waals surface area contributed by atoms with Crippen molar-refractivity contribution >= 4 is 41.3 Å². The highest BCUT2D eigenvalue weighted by molar-refractivity contribution is 14.0. The van der Waals surface area contributed by atoms with Crippen LogP contribution in [0.4, 0.5) is 0 Å². The molecule has 1 aromatic heterocycles. The van der Waals surface area contributed by atoms with E-state index in [1.54, 1.807) is 11.3 Å². The van der Waals surface area contributed by atoms with Crippen molar-refractivity contribution in [1.82, 2.24) is 15.6 Å². The zero-order chi connectivity index (χ0) is 16.8. The van der Waals surface area contributed by atoms with Crippen LogP contribution < -0.4 is 10.6 Å². The van der Waals surface area contributed by atoms with E-state index in [2.05, 4.69) is 58.7 Å². The molecule has 1 aliphatic rings. The van der Waals surface area contributed by atoms with E-state index in [1.807, 2.05) is 6.20 Å². The van der Waals surface area contributed by atoms with Gasteiger partial charge in [0.25, 0.3) is 0 Å². The molecule has 0 fully saturated rings. The quantitative estimate of drug-likeness (QED) is 0.391. The fourth-order valence-corrected chi connectivity index (χ4v) is 3.96. The minimum absolute atomic E-state index is 0. The highest BCUT2D eigenvalue weighted by Crippen LogP contribution is 2.30. The zero-order valence-corrected chi connectivity index (χ0v) is 18.1. The molecule has 0 spiro atoms. The first-order chi connectivity index (χ1) is 11.8. The molecule has 0 aliphatic heterocycles. The fourth-order valence-electron chi connectivity index (χ4n) is 3.25.